The Bertz CT molecular complexity index is 1270. The number of benzene rings is 2. The predicted molar refractivity (Wildman–Crippen MR) is 195 cm³/mol. The lowest BCUT2D eigenvalue weighted by Crippen LogP contribution is -3.00. The quantitative estimate of drug-likeness (QED) is 0.116. The van der Waals surface area contributed by atoms with E-state index in [0.717, 1.165) is 37.9 Å². The summed E-state index contributed by atoms with van der Waals surface area (Å²) in [7, 11) is 4.22. The Kier molecular flexibility index (Phi) is 23.7. The van der Waals surface area contributed by atoms with Crippen LogP contribution in [0.3, 0.4) is 0 Å². The van der Waals surface area contributed by atoms with Crippen LogP contribution in [-0.4, -0.2) is 79.8 Å². The zero-order valence-corrected chi connectivity index (χ0v) is 34.2. The number of carbonyl (C=O) groups is 4. The second-order valence-corrected chi connectivity index (χ2v) is 14.5. The second-order valence-electron chi connectivity index (χ2n) is 14.5. The molecule has 0 aromatic heterocycles. The van der Waals surface area contributed by atoms with E-state index in [1.165, 1.54) is 0 Å². The molecule has 10 heteroatoms. The molecule has 0 saturated carbocycles. The highest BCUT2D eigenvalue weighted by molar-refractivity contribution is 6.08. The first-order valence-corrected chi connectivity index (χ1v) is 17.4. The van der Waals surface area contributed by atoms with Gasteiger partial charge in [-0.25, -0.2) is 0 Å². The van der Waals surface area contributed by atoms with Gasteiger partial charge < -0.3 is 40.8 Å². The average Bonchev–Trinajstić information content (AvgIpc) is 3.07. The normalized spacial score (nSPS) is 11.8. The van der Waals surface area contributed by atoms with Gasteiger partial charge in [0.15, 0.2) is 5.78 Å². The van der Waals surface area contributed by atoms with Gasteiger partial charge in [-0.2, -0.15) is 0 Å². The van der Waals surface area contributed by atoms with Gasteiger partial charge in [-0.3, -0.25) is 19.2 Å². The van der Waals surface area contributed by atoms with Gasteiger partial charge in [-0.05, 0) is 60.8 Å². The van der Waals surface area contributed by atoms with Crippen LogP contribution in [0.15, 0.2) is 54.6 Å². The molecular formula is C40H64BrNO8. The van der Waals surface area contributed by atoms with Gasteiger partial charge >= 0.3 is 17.9 Å². The molecule has 0 heterocycles. The summed E-state index contributed by atoms with van der Waals surface area (Å²) < 4.78 is 15.9. The molecule has 0 aliphatic heterocycles. The van der Waals surface area contributed by atoms with E-state index in [2.05, 4.69) is 14.1 Å². The zero-order chi connectivity index (χ0) is 37.8. The molecule has 0 fully saturated rings. The molecule has 0 saturated heterocycles. The molecule has 50 heavy (non-hydrogen) atoms. The molecule has 0 aliphatic carbocycles. The van der Waals surface area contributed by atoms with E-state index >= 15 is 0 Å². The summed E-state index contributed by atoms with van der Waals surface area (Å²) in [6, 6.07) is 17.1. The number of nitrogens with zero attached hydrogens (tertiary/aromatic N) is 1. The summed E-state index contributed by atoms with van der Waals surface area (Å²) in [5.74, 6) is -0.478. The largest absolute Gasteiger partial charge is 1.00 e. The summed E-state index contributed by atoms with van der Waals surface area (Å²) in [6.07, 6.45) is 2.36. The van der Waals surface area contributed by atoms with Gasteiger partial charge in [0, 0.05) is 16.7 Å². The number of esters is 3. The standard InChI is InChI=1S/C23H30NO3.C9H18O2.C8H16O3.BrH/c1-5-18(2)23(26)27-16-15-24(3,4)17-19-11-13-21(14-12-19)22(25)20-9-7-6-8-10-20;1-6-9(4,5)8(10)11-7(2)3;1-4-8(2,3)7(10)11-6-5-9;/h6-14,18H,5,15-17H2,1-4H3;7H,6H2,1-5H3;9H,4-6H2,1-3H3;1H/q+1;;;/p-1. The summed E-state index contributed by atoms with van der Waals surface area (Å²) in [5.41, 5.74) is 1.79. The molecule has 0 amide bonds. The first-order valence-electron chi connectivity index (χ1n) is 17.4. The molecule has 284 valence electrons. The molecule has 2 rings (SSSR count). The third kappa shape index (κ3) is 19.3. The minimum atomic E-state index is -0.421. The van der Waals surface area contributed by atoms with Crippen LogP contribution in [0.4, 0.5) is 0 Å². The fourth-order valence-corrected chi connectivity index (χ4v) is 3.79. The first kappa shape index (κ1) is 49.0. The van der Waals surface area contributed by atoms with Crippen LogP contribution >= 0.6 is 0 Å². The molecular weight excluding hydrogens is 702 g/mol. The molecule has 0 radical (unpaired) electrons. The highest BCUT2D eigenvalue weighted by Crippen LogP contribution is 2.22. The number of hydrogen-bond acceptors (Lipinski definition) is 8. The molecule has 2 aromatic rings. The van der Waals surface area contributed by atoms with Gasteiger partial charge in [0.25, 0.3) is 0 Å². The Morgan fingerprint density at radius 2 is 1.24 bits per heavy atom. The molecule has 0 aliphatic rings. The lowest BCUT2D eigenvalue weighted by molar-refractivity contribution is -0.903. The van der Waals surface area contributed by atoms with E-state index in [-0.39, 0.29) is 71.3 Å². The molecule has 0 spiro atoms. The van der Waals surface area contributed by atoms with Crippen LogP contribution in [0, 0.1) is 16.7 Å². The molecule has 1 unspecified atom stereocenters. The van der Waals surface area contributed by atoms with Crippen LogP contribution in [0.2, 0.25) is 0 Å². The third-order valence-corrected chi connectivity index (χ3v) is 8.36. The smallest absolute Gasteiger partial charge is 0.311 e. The molecule has 0 bridgehead atoms. The van der Waals surface area contributed by atoms with Crippen molar-refractivity contribution in [1.82, 2.24) is 0 Å². The van der Waals surface area contributed by atoms with E-state index < -0.39 is 5.41 Å². The van der Waals surface area contributed by atoms with E-state index in [4.69, 9.17) is 19.3 Å². The Morgan fingerprint density at radius 3 is 1.70 bits per heavy atom. The minimum absolute atomic E-state index is 0. The van der Waals surface area contributed by atoms with E-state index in [1.54, 1.807) is 0 Å². The molecule has 2 aromatic carbocycles. The summed E-state index contributed by atoms with van der Waals surface area (Å²) in [4.78, 5) is 46.7. The van der Waals surface area contributed by atoms with Crippen LogP contribution in [0.25, 0.3) is 0 Å². The van der Waals surface area contributed by atoms with Crippen molar-refractivity contribution < 1.29 is 60.0 Å². The van der Waals surface area contributed by atoms with Crippen molar-refractivity contribution in [3.05, 3.63) is 71.3 Å². The number of ether oxygens (including phenoxy) is 3. The van der Waals surface area contributed by atoms with Gasteiger partial charge in [0.1, 0.15) is 26.3 Å². The maximum absolute atomic E-state index is 12.5. The highest BCUT2D eigenvalue weighted by Gasteiger charge is 2.28. The van der Waals surface area contributed by atoms with E-state index in [0.29, 0.717) is 22.2 Å². The molecule has 1 atom stereocenters. The van der Waals surface area contributed by atoms with Gasteiger partial charge in [0.2, 0.25) is 0 Å². The van der Waals surface area contributed by atoms with Crippen molar-refractivity contribution >= 4 is 23.7 Å². The number of rotatable bonds is 16. The maximum Gasteiger partial charge on any atom is 0.311 e. The van der Waals surface area contributed by atoms with Gasteiger partial charge in [0.05, 0.1) is 43.6 Å². The highest BCUT2D eigenvalue weighted by atomic mass is 79.9. The fraction of sp³-hybridized carbons (Fsp3) is 0.600. The van der Waals surface area contributed by atoms with E-state index in [9.17, 15) is 19.2 Å². The Balaban J connectivity index is 0. The van der Waals surface area contributed by atoms with Crippen LogP contribution in [-0.2, 0) is 35.1 Å². The number of aliphatic hydroxyl groups is 1. The SMILES string of the molecule is CCC(C)(C)C(=O)OC(C)C.CCC(C)(C)C(=O)OCCO.CCC(C)C(=O)OCC[N+](C)(C)Cc1ccc(C(=O)c2ccccc2)cc1.[Br-]. The van der Waals surface area contributed by atoms with Gasteiger partial charge in [-0.1, -0.05) is 82.3 Å². The zero-order valence-electron chi connectivity index (χ0n) is 32.6. The van der Waals surface area contributed by atoms with Crippen molar-refractivity contribution in [2.24, 2.45) is 16.7 Å². The number of ketones is 1. The van der Waals surface area contributed by atoms with Crippen molar-refractivity contribution in [2.45, 2.75) is 101 Å². The Morgan fingerprint density at radius 1 is 0.740 bits per heavy atom. The number of hydrogen-bond donors (Lipinski definition) is 1. The topological polar surface area (TPSA) is 116 Å². The van der Waals surface area contributed by atoms with Crippen LogP contribution < -0.4 is 17.0 Å². The summed E-state index contributed by atoms with van der Waals surface area (Å²) >= 11 is 0. The first-order chi connectivity index (χ1) is 22.8. The Labute approximate surface area is 312 Å². The number of aliphatic hydroxyl groups excluding tert-OH is 1. The third-order valence-electron chi connectivity index (χ3n) is 8.36. The summed E-state index contributed by atoms with van der Waals surface area (Å²) in [6.45, 7) is 20.9. The number of quaternary nitrogens is 1. The van der Waals surface area contributed by atoms with Crippen molar-refractivity contribution in [1.29, 1.82) is 0 Å². The lowest BCUT2D eigenvalue weighted by atomic mass is 9.91. The maximum atomic E-state index is 12.5. The van der Waals surface area contributed by atoms with Crippen molar-refractivity contribution in [2.75, 3.05) is 40.5 Å². The summed E-state index contributed by atoms with van der Waals surface area (Å²) in [5, 5.41) is 8.38. The van der Waals surface area contributed by atoms with Crippen molar-refractivity contribution in [3.63, 3.8) is 0 Å². The fourth-order valence-electron chi connectivity index (χ4n) is 3.79. The second kappa shape index (κ2) is 24.2. The number of halogens is 1. The van der Waals surface area contributed by atoms with Crippen molar-refractivity contribution in [3.8, 4) is 0 Å². The number of likely N-dealkylation sites (N-methyl/N-ethyl adjacent to an activating group) is 1. The molecule has 9 nitrogen and oxygen atoms in total. The predicted octanol–water partition coefficient (Wildman–Crippen LogP) is 4.42. The monoisotopic (exact) mass is 765 g/mol. The van der Waals surface area contributed by atoms with Gasteiger partial charge in [-0.15, -0.1) is 0 Å². The average molecular weight is 767 g/mol. The molecule has 1 N–H and O–H groups in total. The van der Waals surface area contributed by atoms with Crippen LogP contribution in [0.1, 0.15) is 110 Å². The number of carbonyl (C=O) groups excluding carboxylic acids is 4. The lowest BCUT2D eigenvalue weighted by Gasteiger charge is -2.29. The van der Waals surface area contributed by atoms with Crippen LogP contribution in [0.5, 0.6) is 0 Å². The minimum Gasteiger partial charge on any atom is -1.00 e. The van der Waals surface area contributed by atoms with E-state index in [1.807, 2.05) is 124 Å². The Hall–Kier alpha value is -3.08.